The van der Waals surface area contributed by atoms with Crippen molar-refractivity contribution < 1.29 is 19.4 Å². The second-order valence-corrected chi connectivity index (χ2v) is 4.48. The molecule has 0 radical (unpaired) electrons. The van der Waals surface area contributed by atoms with Gasteiger partial charge >= 0.3 is 5.97 Å². The number of hydrogen-bond donors (Lipinski definition) is 1. The average Bonchev–Trinajstić information content (AvgIpc) is 3.00. The van der Waals surface area contributed by atoms with Crippen LogP contribution in [-0.2, 0) is 0 Å². The molecule has 17 heavy (non-hydrogen) atoms. The summed E-state index contributed by atoms with van der Waals surface area (Å²) < 4.78 is 11.1. The van der Waals surface area contributed by atoms with Gasteiger partial charge in [0.25, 0.3) is 0 Å². The summed E-state index contributed by atoms with van der Waals surface area (Å²) in [6.07, 6.45) is 2.33. The lowest BCUT2D eigenvalue weighted by atomic mass is 10.2. The first kappa shape index (κ1) is 11.8. The zero-order valence-electron chi connectivity index (χ0n) is 9.97. The quantitative estimate of drug-likeness (QED) is 0.854. The molecular weight excluding hydrogens is 220 g/mol. The molecule has 92 valence electrons. The van der Waals surface area contributed by atoms with Crippen molar-refractivity contribution in [2.45, 2.75) is 38.9 Å². The zero-order valence-corrected chi connectivity index (χ0v) is 9.97. The lowest BCUT2D eigenvalue weighted by Gasteiger charge is -2.12. The maximum Gasteiger partial charge on any atom is 0.335 e. The van der Waals surface area contributed by atoms with Gasteiger partial charge in [-0.15, -0.1) is 0 Å². The topological polar surface area (TPSA) is 55.8 Å². The van der Waals surface area contributed by atoms with Crippen molar-refractivity contribution in [2.24, 2.45) is 0 Å². The first-order valence-corrected chi connectivity index (χ1v) is 5.76. The van der Waals surface area contributed by atoms with Crippen LogP contribution in [0, 0.1) is 0 Å². The van der Waals surface area contributed by atoms with Gasteiger partial charge in [-0.3, -0.25) is 0 Å². The van der Waals surface area contributed by atoms with E-state index in [4.69, 9.17) is 14.6 Å². The van der Waals surface area contributed by atoms with E-state index in [0.29, 0.717) is 11.5 Å². The summed E-state index contributed by atoms with van der Waals surface area (Å²) in [4.78, 5) is 11.0. The predicted molar refractivity (Wildman–Crippen MR) is 62.8 cm³/mol. The van der Waals surface area contributed by atoms with E-state index in [1.54, 1.807) is 6.07 Å². The van der Waals surface area contributed by atoms with Gasteiger partial charge in [0.05, 0.1) is 17.8 Å². The van der Waals surface area contributed by atoms with Crippen LogP contribution in [0.3, 0.4) is 0 Å². The van der Waals surface area contributed by atoms with Gasteiger partial charge < -0.3 is 14.6 Å². The van der Waals surface area contributed by atoms with Crippen molar-refractivity contribution in [3.63, 3.8) is 0 Å². The van der Waals surface area contributed by atoms with Crippen LogP contribution in [0.1, 0.15) is 37.0 Å². The largest absolute Gasteiger partial charge is 0.491 e. The van der Waals surface area contributed by atoms with Gasteiger partial charge in [0.2, 0.25) is 0 Å². The van der Waals surface area contributed by atoms with Gasteiger partial charge in [0, 0.05) is 6.07 Å². The molecule has 0 aromatic heterocycles. The second-order valence-electron chi connectivity index (χ2n) is 4.48. The molecule has 0 unspecified atom stereocenters. The smallest absolute Gasteiger partial charge is 0.335 e. The summed E-state index contributed by atoms with van der Waals surface area (Å²) in [7, 11) is 0. The number of benzene rings is 1. The molecule has 2 rings (SSSR count). The molecule has 1 aromatic carbocycles. The SMILES string of the molecule is CC(C)Oc1cc(OC2CC2)cc(C(=O)O)c1. The Kier molecular flexibility index (Phi) is 3.22. The van der Waals surface area contributed by atoms with E-state index in [0.717, 1.165) is 12.8 Å². The summed E-state index contributed by atoms with van der Waals surface area (Å²) in [5.74, 6) is 0.137. The van der Waals surface area contributed by atoms with Crippen molar-refractivity contribution in [1.29, 1.82) is 0 Å². The fourth-order valence-corrected chi connectivity index (χ4v) is 1.48. The third kappa shape index (κ3) is 3.37. The fourth-order valence-electron chi connectivity index (χ4n) is 1.48. The number of carboxylic acids is 1. The number of aromatic carboxylic acids is 1. The van der Waals surface area contributed by atoms with Crippen molar-refractivity contribution in [3.8, 4) is 11.5 Å². The maximum atomic E-state index is 11.0. The molecule has 1 aliphatic carbocycles. The molecule has 0 bridgehead atoms. The number of ether oxygens (including phenoxy) is 2. The van der Waals surface area contributed by atoms with E-state index < -0.39 is 5.97 Å². The Morgan fingerprint density at radius 1 is 1.29 bits per heavy atom. The molecule has 4 nitrogen and oxygen atoms in total. The van der Waals surface area contributed by atoms with E-state index in [9.17, 15) is 4.79 Å². The molecule has 0 heterocycles. The summed E-state index contributed by atoms with van der Waals surface area (Å²) in [5, 5.41) is 9.01. The summed E-state index contributed by atoms with van der Waals surface area (Å²) in [6.45, 7) is 3.80. The molecule has 1 aromatic rings. The van der Waals surface area contributed by atoms with Crippen molar-refractivity contribution in [2.75, 3.05) is 0 Å². The summed E-state index contributed by atoms with van der Waals surface area (Å²) in [5.41, 5.74) is 0.193. The molecule has 1 aliphatic rings. The van der Waals surface area contributed by atoms with Gasteiger partial charge in [0.1, 0.15) is 11.5 Å². The normalized spacial score (nSPS) is 14.8. The molecular formula is C13H16O4. The van der Waals surface area contributed by atoms with Crippen LogP contribution in [0.2, 0.25) is 0 Å². The molecule has 0 saturated heterocycles. The highest BCUT2D eigenvalue weighted by Crippen LogP contribution is 2.30. The van der Waals surface area contributed by atoms with Crippen LogP contribution >= 0.6 is 0 Å². The van der Waals surface area contributed by atoms with Crippen LogP contribution in [0.4, 0.5) is 0 Å². The fraction of sp³-hybridized carbons (Fsp3) is 0.462. The highest BCUT2D eigenvalue weighted by molar-refractivity contribution is 5.88. The van der Waals surface area contributed by atoms with Crippen LogP contribution in [0.25, 0.3) is 0 Å². The van der Waals surface area contributed by atoms with Crippen LogP contribution in [0.15, 0.2) is 18.2 Å². The Labute approximate surface area is 100 Å². The Hall–Kier alpha value is -1.71. The molecule has 0 spiro atoms. The lowest BCUT2D eigenvalue weighted by Crippen LogP contribution is -2.07. The lowest BCUT2D eigenvalue weighted by molar-refractivity contribution is 0.0695. The molecule has 1 N–H and O–H groups in total. The molecule has 4 heteroatoms. The van der Waals surface area contributed by atoms with E-state index in [-0.39, 0.29) is 17.8 Å². The molecule has 0 aliphatic heterocycles. The Morgan fingerprint density at radius 3 is 2.47 bits per heavy atom. The first-order valence-electron chi connectivity index (χ1n) is 5.76. The minimum absolute atomic E-state index is 0.00724. The van der Waals surface area contributed by atoms with Gasteiger partial charge in [-0.05, 0) is 38.8 Å². The standard InChI is InChI=1S/C13H16O4/c1-8(2)16-11-5-9(13(14)15)6-12(7-11)17-10-3-4-10/h5-8,10H,3-4H2,1-2H3,(H,14,15). The van der Waals surface area contributed by atoms with E-state index in [1.807, 2.05) is 13.8 Å². The zero-order chi connectivity index (χ0) is 12.4. The Bertz CT molecular complexity index is 399. The van der Waals surface area contributed by atoms with Crippen LogP contribution in [0.5, 0.6) is 11.5 Å². The minimum Gasteiger partial charge on any atom is -0.491 e. The Balaban J connectivity index is 2.23. The summed E-state index contributed by atoms with van der Waals surface area (Å²) in [6, 6.07) is 4.79. The molecule has 1 saturated carbocycles. The van der Waals surface area contributed by atoms with Crippen molar-refractivity contribution >= 4 is 5.97 Å². The molecule has 0 atom stereocenters. The highest BCUT2D eigenvalue weighted by Gasteiger charge is 2.24. The number of rotatable bonds is 5. The van der Waals surface area contributed by atoms with E-state index in [2.05, 4.69) is 0 Å². The van der Waals surface area contributed by atoms with Crippen LogP contribution in [-0.4, -0.2) is 23.3 Å². The van der Waals surface area contributed by atoms with Gasteiger partial charge in [0.15, 0.2) is 0 Å². The second kappa shape index (κ2) is 4.65. The predicted octanol–water partition coefficient (Wildman–Crippen LogP) is 2.71. The van der Waals surface area contributed by atoms with E-state index in [1.165, 1.54) is 12.1 Å². The minimum atomic E-state index is -0.972. The average molecular weight is 236 g/mol. The maximum absolute atomic E-state index is 11.0. The Morgan fingerprint density at radius 2 is 1.94 bits per heavy atom. The monoisotopic (exact) mass is 236 g/mol. The van der Waals surface area contributed by atoms with Crippen LogP contribution < -0.4 is 9.47 Å². The number of carbonyl (C=O) groups is 1. The van der Waals surface area contributed by atoms with Gasteiger partial charge in [-0.1, -0.05) is 0 Å². The summed E-state index contributed by atoms with van der Waals surface area (Å²) >= 11 is 0. The number of carboxylic acid groups (broad SMARTS) is 1. The van der Waals surface area contributed by atoms with E-state index >= 15 is 0 Å². The van der Waals surface area contributed by atoms with Crippen molar-refractivity contribution in [1.82, 2.24) is 0 Å². The third-order valence-corrected chi connectivity index (χ3v) is 2.33. The first-order chi connectivity index (χ1) is 8.04. The highest BCUT2D eigenvalue weighted by atomic mass is 16.5. The number of hydrogen-bond acceptors (Lipinski definition) is 3. The van der Waals surface area contributed by atoms with Gasteiger partial charge in [-0.25, -0.2) is 4.79 Å². The molecule has 0 amide bonds. The van der Waals surface area contributed by atoms with Crippen molar-refractivity contribution in [3.05, 3.63) is 23.8 Å². The van der Waals surface area contributed by atoms with Gasteiger partial charge in [-0.2, -0.15) is 0 Å². The molecule has 1 fully saturated rings. The third-order valence-electron chi connectivity index (χ3n) is 2.33.